The lowest BCUT2D eigenvalue weighted by Gasteiger charge is -2.29. The number of halogens is 4. The maximum atomic E-state index is 14.3. The van der Waals surface area contributed by atoms with Gasteiger partial charge in [-0.2, -0.15) is 13.2 Å². The minimum Gasteiger partial charge on any atom is -0.354 e. The van der Waals surface area contributed by atoms with Crippen LogP contribution in [0.15, 0.2) is 30.7 Å². The predicted octanol–water partition coefficient (Wildman–Crippen LogP) is 2.70. The fourth-order valence-corrected chi connectivity index (χ4v) is 4.47. The average molecular weight is 468 g/mol. The van der Waals surface area contributed by atoms with E-state index in [2.05, 4.69) is 20.6 Å². The monoisotopic (exact) mass is 468 g/mol. The van der Waals surface area contributed by atoms with E-state index in [1.54, 1.807) is 19.2 Å². The molecule has 2 N–H and O–H groups in total. The first-order chi connectivity index (χ1) is 15.2. The Morgan fingerprint density at radius 1 is 1.25 bits per heavy atom. The zero-order valence-electron chi connectivity index (χ0n) is 17.1. The molecule has 3 aromatic heterocycles. The van der Waals surface area contributed by atoms with E-state index < -0.39 is 32.6 Å². The van der Waals surface area contributed by atoms with Crippen molar-refractivity contribution in [2.75, 3.05) is 42.6 Å². The number of aryl methyl sites for hydroxylation is 1. The second-order valence-corrected chi connectivity index (χ2v) is 8.68. The van der Waals surface area contributed by atoms with Gasteiger partial charge in [-0.25, -0.2) is 14.4 Å². The molecule has 4 rings (SSSR count). The van der Waals surface area contributed by atoms with E-state index in [1.807, 2.05) is 4.90 Å². The molecule has 7 nitrogen and oxygen atoms in total. The molecule has 3 aromatic rings. The van der Waals surface area contributed by atoms with Gasteiger partial charge in [-0.15, -0.1) is 0 Å². The quantitative estimate of drug-likeness (QED) is 0.445. The molecule has 1 aliphatic heterocycles. The second-order valence-electron chi connectivity index (χ2n) is 7.44. The maximum Gasteiger partial charge on any atom is 0.392 e. The average Bonchev–Trinajstić information content (AvgIpc) is 3.13. The number of pyridine rings is 2. The molecule has 1 fully saturated rings. The molecule has 0 radical (unpaired) electrons. The molecular formula is C20H21F4N6OP. The van der Waals surface area contributed by atoms with E-state index >= 15 is 0 Å². The Kier molecular flexibility index (Phi) is 6.30. The van der Waals surface area contributed by atoms with E-state index in [-0.39, 0.29) is 22.2 Å². The Morgan fingerprint density at radius 3 is 2.72 bits per heavy atom. The van der Waals surface area contributed by atoms with Gasteiger partial charge in [-0.05, 0) is 18.3 Å². The van der Waals surface area contributed by atoms with Crippen molar-refractivity contribution in [2.24, 2.45) is 0 Å². The lowest BCUT2D eigenvalue weighted by atomic mass is 10.2. The molecule has 0 aliphatic carbocycles. The van der Waals surface area contributed by atoms with Crippen LogP contribution in [-0.2, 0) is 0 Å². The van der Waals surface area contributed by atoms with Crippen LogP contribution in [0.5, 0.6) is 0 Å². The lowest BCUT2D eigenvalue weighted by molar-refractivity contribution is -0.105. The van der Waals surface area contributed by atoms with Crippen LogP contribution in [0, 0.1) is 12.7 Å². The number of nitrogens with zero attached hydrogens (tertiary/aromatic N) is 4. The van der Waals surface area contributed by atoms with E-state index in [4.69, 9.17) is 0 Å². The molecule has 0 bridgehead atoms. The Bertz CT molecular complexity index is 1140. The summed E-state index contributed by atoms with van der Waals surface area (Å²) in [7, 11) is -0.653. The zero-order valence-corrected chi connectivity index (χ0v) is 18.1. The topological polar surface area (TPSA) is 74.6 Å². The summed E-state index contributed by atoms with van der Waals surface area (Å²) in [5.41, 5.74) is 0.924. The maximum absolute atomic E-state index is 14.3. The summed E-state index contributed by atoms with van der Waals surface area (Å²) in [6.45, 7) is 4.54. The predicted molar refractivity (Wildman–Crippen MR) is 116 cm³/mol. The third-order valence-electron chi connectivity index (χ3n) is 4.94. The number of hydrogen-bond donors (Lipinski definition) is 2. The van der Waals surface area contributed by atoms with E-state index in [0.717, 1.165) is 19.2 Å². The van der Waals surface area contributed by atoms with Gasteiger partial charge in [0.2, 0.25) is 0 Å². The van der Waals surface area contributed by atoms with Crippen LogP contribution >= 0.6 is 8.58 Å². The first-order valence-corrected chi connectivity index (χ1v) is 11.1. The molecule has 12 heteroatoms. The largest absolute Gasteiger partial charge is 0.392 e. The van der Waals surface area contributed by atoms with Crippen molar-refractivity contribution in [1.29, 1.82) is 0 Å². The number of hydrogen-bond acceptors (Lipinski definition) is 5. The third-order valence-corrected chi connectivity index (χ3v) is 6.31. The molecule has 1 aliphatic rings. The van der Waals surface area contributed by atoms with Crippen molar-refractivity contribution in [1.82, 2.24) is 19.7 Å². The highest BCUT2D eigenvalue weighted by molar-refractivity contribution is 7.47. The third kappa shape index (κ3) is 5.16. The van der Waals surface area contributed by atoms with Gasteiger partial charge in [0.25, 0.3) is 5.91 Å². The highest BCUT2D eigenvalue weighted by atomic mass is 31.1. The summed E-state index contributed by atoms with van der Waals surface area (Å²) in [6.07, 6.45) is -0.989. The van der Waals surface area contributed by atoms with Crippen molar-refractivity contribution in [2.45, 2.75) is 13.1 Å². The van der Waals surface area contributed by atoms with Gasteiger partial charge in [-0.1, -0.05) is 8.58 Å². The molecule has 170 valence electrons. The van der Waals surface area contributed by atoms with Crippen LogP contribution in [0.3, 0.4) is 0 Å². The summed E-state index contributed by atoms with van der Waals surface area (Å²) in [5.74, 6) is -0.735. The number of carbonyl (C=O) groups is 1. The van der Waals surface area contributed by atoms with Crippen LogP contribution in [0.25, 0.3) is 5.65 Å². The van der Waals surface area contributed by atoms with Crippen molar-refractivity contribution >= 4 is 36.9 Å². The molecule has 1 unspecified atom stereocenters. The fraction of sp³-hybridized carbons (Fsp3) is 0.350. The van der Waals surface area contributed by atoms with Gasteiger partial charge in [0, 0.05) is 50.8 Å². The number of amides is 1. The second kappa shape index (κ2) is 8.99. The first-order valence-electron chi connectivity index (χ1n) is 9.92. The Hall–Kier alpha value is -2.78. The first kappa shape index (κ1) is 22.4. The Balaban J connectivity index is 1.62. The minimum absolute atomic E-state index is 0.0359. The molecule has 32 heavy (non-hydrogen) atoms. The normalized spacial score (nSPS) is 15.1. The van der Waals surface area contributed by atoms with Crippen LogP contribution in [0.4, 0.5) is 29.1 Å². The summed E-state index contributed by atoms with van der Waals surface area (Å²) in [6, 6.07) is 2.67. The Morgan fingerprint density at radius 2 is 2.00 bits per heavy atom. The number of carbonyl (C=O) groups excluding carboxylic acids is 1. The number of aromatic nitrogens is 3. The number of nitrogens with one attached hydrogen (secondary N) is 2. The standard InChI is InChI=1S/C20H21F4N6OP/c1-12-9-30-10-13(6-15(21)18(30)27-12)28-19(31)14-8-26-17(29-4-2-25-3-5-29)7-16(14)32-11-20(22,23)24/h6-10,25,32H,2-5,11H2,1H3,(H,28,31). The van der Waals surface area contributed by atoms with Crippen LogP contribution in [0.1, 0.15) is 16.1 Å². The number of imidazole rings is 1. The van der Waals surface area contributed by atoms with Crippen LogP contribution in [0.2, 0.25) is 0 Å². The minimum atomic E-state index is -4.35. The van der Waals surface area contributed by atoms with Gasteiger partial charge >= 0.3 is 6.18 Å². The lowest BCUT2D eigenvalue weighted by Crippen LogP contribution is -2.44. The van der Waals surface area contributed by atoms with Crippen molar-refractivity contribution in [3.05, 3.63) is 47.8 Å². The number of fused-ring (bicyclic) bond motifs is 1. The van der Waals surface area contributed by atoms with Gasteiger partial charge in [0.1, 0.15) is 5.82 Å². The molecule has 0 spiro atoms. The molecule has 1 atom stereocenters. The summed E-state index contributed by atoms with van der Waals surface area (Å²) in [4.78, 5) is 23.2. The highest BCUT2D eigenvalue weighted by Gasteiger charge is 2.28. The number of rotatable bonds is 5. The number of anilines is 2. The van der Waals surface area contributed by atoms with Gasteiger partial charge < -0.3 is 19.9 Å². The summed E-state index contributed by atoms with van der Waals surface area (Å²) >= 11 is 0. The fourth-order valence-electron chi connectivity index (χ4n) is 3.48. The van der Waals surface area contributed by atoms with Gasteiger partial charge in [-0.3, -0.25) is 4.79 Å². The number of piperazine rings is 1. The van der Waals surface area contributed by atoms with E-state index in [0.29, 0.717) is 24.6 Å². The van der Waals surface area contributed by atoms with Gasteiger partial charge in [0.15, 0.2) is 11.5 Å². The highest BCUT2D eigenvalue weighted by Crippen LogP contribution is 2.27. The molecular weight excluding hydrogens is 447 g/mol. The van der Waals surface area contributed by atoms with Crippen molar-refractivity contribution in [3.8, 4) is 0 Å². The SMILES string of the molecule is Cc1cn2cc(NC(=O)c3cnc(N4CCNCC4)cc3PCC(F)(F)F)cc(F)c2n1. The van der Waals surface area contributed by atoms with Gasteiger partial charge in [0.05, 0.1) is 23.1 Å². The molecule has 1 saturated heterocycles. The summed E-state index contributed by atoms with van der Waals surface area (Å²) in [5, 5.41) is 6.04. The molecule has 0 saturated carbocycles. The summed E-state index contributed by atoms with van der Waals surface area (Å²) < 4.78 is 54.4. The smallest absolute Gasteiger partial charge is 0.354 e. The van der Waals surface area contributed by atoms with Crippen LogP contribution < -0.4 is 20.8 Å². The zero-order chi connectivity index (χ0) is 22.9. The molecule has 4 heterocycles. The van der Waals surface area contributed by atoms with Crippen LogP contribution in [-0.4, -0.2) is 58.8 Å². The Labute approximate surface area is 183 Å². The van der Waals surface area contributed by atoms with E-state index in [9.17, 15) is 22.4 Å². The van der Waals surface area contributed by atoms with E-state index in [1.165, 1.54) is 16.8 Å². The number of alkyl halides is 3. The van der Waals surface area contributed by atoms with Crippen molar-refractivity contribution < 1.29 is 22.4 Å². The van der Waals surface area contributed by atoms with Crippen molar-refractivity contribution in [3.63, 3.8) is 0 Å². The molecule has 1 amide bonds. The molecule has 0 aromatic carbocycles.